The number of amides is 1. The van der Waals surface area contributed by atoms with Crippen LogP contribution in [0.2, 0.25) is 0 Å². The summed E-state index contributed by atoms with van der Waals surface area (Å²) in [5, 5.41) is 7.14. The Kier molecular flexibility index (Phi) is 6.57. The molecule has 1 saturated heterocycles. The number of aryl methyl sites for hydroxylation is 1. The molecular weight excluding hydrogens is 397 g/mol. The van der Waals surface area contributed by atoms with Gasteiger partial charge in [0.05, 0.1) is 6.04 Å². The third-order valence-electron chi connectivity index (χ3n) is 5.61. The SMILES string of the molecule is N[C@H](CCc1ccccc1F)C(=O)N1CCC[C@H]1CNc1nc(-c2ccccc2)no1. The standard InChI is InChI=1S/C23H26FN5O2/c24-19-11-5-4-7-16(19)12-13-20(25)22(30)29-14-6-10-18(29)15-26-23-27-21(28-31-23)17-8-2-1-3-9-17/h1-5,7-9,11,18,20H,6,10,12-15,25H2,(H,26,27,28)/t18-,20+/m0/s1. The second-order valence-electron chi connectivity index (χ2n) is 7.73. The Hall–Kier alpha value is -3.26. The van der Waals surface area contributed by atoms with Gasteiger partial charge in [-0.05, 0) is 37.3 Å². The van der Waals surface area contributed by atoms with E-state index in [2.05, 4.69) is 15.5 Å². The fourth-order valence-corrected chi connectivity index (χ4v) is 3.89. The normalized spacial score (nSPS) is 17.0. The van der Waals surface area contributed by atoms with E-state index in [1.165, 1.54) is 6.07 Å². The number of nitrogens with zero attached hydrogens (tertiary/aromatic N) is 3. The first kappa shape index (κ1) is 21.0. The topological polar surface area (TPSA) is 97.3 Å². The minimum Gasteiger partial charge on any atom is -0.337 e. The van der Waals surface area contributed by atoms with E-state index in [1.54, 1.807) is 18.2 Å². The number of halogens is 1. The zero-order valence-electron chi connectivity index (χ0n) is 17.2. The van der Waals surface area contributed by atoms with E-state index in [4.69, 9.17) is 10.3 Å². The average molecular weight is 423 g/mol. The number of anilines is 1. The molecule has 162 valence electrons. The van der Waals surface area contributed by atoms with Crippen LogP contribution in [0.5, 0.6) is 0 Å². The monoisotopic (exact) mass is 423 g/mol. The number of carbonyl (C=O) groups excluding carboxylic acids is 1. The van der Waals surface area contributed by atoms with Crippen molar-refractivity contribution in [1.29, 1.82) is 0 Å². The zero-order chi connectivity index (χ0) is 21.6. The molecule has 0 saturated carbocycles. The fraction of sp³-hybridized carbons (Fsp3) is 0.348. The van der Waals surface area contributed by atoms with Gasteiger partial charge in [-0.3, -0.25) is 4.79 Å². The smallest absolute Gasteiger partial charge is 0.321 e. The molecule has 3 N–H and O–H groups in total. The van der Waals surface area contributed by atoms with Crippen molar-refractivity contribution in [2.45, 2.75) is 37.8 Å². The number of benzene rings is 2. The lowest BCUT2D eigenvalue weighted by molar-refractivity contribution is -0.133. The molecule has 0 spiro atoms. The number of carbonyl (C=O) groups is 1. The van der Waals surface area contributed by atoms with Gasteiger partial charge in [0.25, 0.3) is 0 Å². The van der Waals surface area contributed by atoms with Gasteiger partial charge >= 0.3 is 6.01 Å². The number of hydrogen-bond acceptors (Lipinski definition) is 6. The Morgan fingerprint density at radius 2 is 2.00 bits per heavy atom. The molecule has 31 heavy (non-hydrogen) atoms. The van der Waals surface area contributed by atoms with Crippen LogP contribution >= 0.6 is 0 Å². The first-order valence-electron chi connectivity index (χ1n) is 10.5. The molecule has 4 rings (SSSR count). The molecule has 1 fully saturated rings. The highest BCUT2D eigenvalue weighted by atomic mass is 19.1. The van der Waals surface area contributed by atoms with Crippen molar-refractivity contribution in [3.8, 4) is 11.4 Å². The lowest BCUT2D eigenvalue weighted by atomic mass is 10.0. The first-order chi connectivity index (χ1) is 15.1. The molecular formula is C23H26FN5O2. The predicted molar refractivity (Wildman–Crippen MR) is 116 cm³/mol. The summed E-state index contributed by atoms with van der Waals surface area (Å²) in [6.45, 7) is 1.17. The maximum Gasteiger partial charge on any atom is 0.321 e. The van der Waals surface area contributed by atoms with Crippen LogP contribution in [-0.4, -0.2) is 46.1 Å². The summed E-state index contributed by atoms with van der Waals surface area (Å²) in [5.74, 6) is 0.147. The summed E-state index contributed by atoms with van der Waals surface area (Å²) < 4.78 is 19.1. The van der Waals surface area contributed by atoms with E-state index in [9.17, 15) is 9.18 Å². The minimum atomic E-state index is -0.659. The van der Waals surface area contributed by atoms with Gasteiger partial charge in [0.15, 0.2) is 0 Å². The highest BCUT2D eigenvalue weighted by Gasteiger charge is 2.31. The van der Waals surface area contributed by atoms with E-state index >= 15 is 0 Å². The lowest BCUT2D eigenvalue weighted by Crippen LogP contribution is -2.48. The van der Waals surface area contributed by atoms with Crippen molar-refractivity contribution < 1.29 is 13.7 Å². The van der Waals surface area contributed by atoms with Crippen LogP contribution in [-0.2, 0) is 11.2 Å². The Morgan fingerprint density at radius 1 is 1.23 bits per heavy atom. The number of nitrogens with one attached hydrogen (secondary N) is 1. The van der Waals surface area contributed by atoms with Crippen molar-refractivity contribution >= 4 is 11.9 Å². The van der Waals surface area contributed by atoms with Crippen molar-refractivity contribution in [3.63, 3.8) is 0 Å². The van der Waals surface area contributed by atoms with Crippen LogP contribution in [0.4, 0.5) is 10.4 Å². The molecule has 7 nitrogen and oxygen atoms in total. The van der Waals surface area contributed by atoms with Crippen LogP contribution in [0, 0.1) is 5.82 Å². The Labute approximate surface area is 180 Å². The van der Waals surface area contributed by atoms with E-state index in [-0.39, 0.29) is 17.8 Å². The Bertz CT molecular complexity index is 1010. The molecule has 2 atom stereocenters. The van der Waals surface area contributed by atoms with Crippen LogP contribution in [0.25, 0.3) is 11.4 Å². The quantitative estimate of drug-likeness (QED) is 0.577. The molecule has 3 aromatic rings. The van der Waals surface area contributed by atoms with Crippen LogP contribution in [0.3, 0.4) is 0 Å². The molecule has 0 aliphatic carbocycles. The van der Waals surface area contributed by atoms with E-state index in [0.717, 1.165) is 18.4 Å². The van der Waals surface area contributed by atoms with Gasteiger partial charge in [0, 0.05) is 24.7 Å². The van der Waals surface area contributed by atoms with E-state index in [0.29, 0.717) is 43.3 Å². The summed E-state index contributed by atoms with van der Waals surface area (Å²) in [7, 11) is 0. The largest absolute Gasteiger partial charge is 0.337 e. The van der Waals surface area contributed by atoms with Gasteiger partial charge in [-0.15, -0.1) is 0 Å². The van der Waals surface area contributed by atoms with Crippen LogP contribution in [0.15, 0.2) is 59.1 Å². The minimum absolute atomic E-state index is 0.000846. The molecule has 1 aliphatic heterocycles. The van der Waals surface area contributed by atoms with Crippen LogP contribution in [0.1, 0.15) is 24.8 Å². The number of likely N-dealkylation sites (tertiary alicyclic amines) is 1. The molecule has 0 radical (unpaired) electrons. The molecule has 1 aromatic heterocycles. The van der Waals surface area contributed by atoms with Crippen molar-refractivity contribution in [2.24, 2.45) is 5.73 Å². The summed E-state index contributed by atoms with van der Waals surface area (Å²) in [6, 6.07) is 15.8. The van der Waals surface area contributed by atoms with E-state index < -0.39 is 6.04 Å². The number of rotatable bonds is 8. The van der Waals surface area contributed by atoms with Crippen LogP contribution < -0.4 is 11.1 Å². The lowest BCUT2D eigenvalue weighted by Gasteiger charge is -2.27. The molecule has 2 heterocycles. The third-order valence-corrected chi connectivity index (χ3v) is 5.61. The first-order valence-corrected chi connectivity index (χ1v) is 10.5. The number of hydrogen-bond donors (Lipinski definition) is 2. The maximum atomic E-state index is 13.8. The van der Waals surface area contributed by atoms with Gasteiger partial charge in [-0.1, -0.05) is 53.7 Å². The van der Waals surface area contributed by atoms with Crippen molar-refractivity contribution in [3.05, 3.63) is 66.0 Å². The highest BCUT2D eigenvalue weighted by Crippen LogP contribution is 2.21. The maximum absolute atomic E-state index is 13.8. The van der Waals surface area contributed by atoms with Gasteiger partial charge < -0.3 is 20.5 Å². The fourth-order valence-electron chi connectivity index (χ4n) is 3.89. The van der Waals surface area contributed by atoms with Gasteiger partial charge in [-0.2, -0.15) is 4.98 Å². The summed E-state index contributed by atoms with van der Waals surface area (Å²) in [4.78, 5) is 19.1. The highest BCUT2D eigenvalue weighted by molar-refractivity contribution is 5.82. The molecule has 0 bridgehead atoms. The second-order valence-corrected chi connectivity index (χ2v) is 7.73. The third kappa shape index (κ3) is 5.08. The molecule has 8 heteroatoms. The molecule has 1 amide bonds. The average Bonchev–Trinajstić information content (AvgIpc) is 3.46. The summed E-state index contributed by atoms with van der Waals surface area (Å²) >= 11 is 0. The Morgan fingerprint density at radius 3 is 2.81 bits per heavy atom. The number of aromatic nitrogens is 2. The van der Waals surface area contributed by atoms with Gasteiger partial charge in [0.1, 0.15) is 5.82 Å². The van der Waals surface area contributed by atoms with Gasteiger partial charge in [-0.25, -0.2) is 4.39 Å². The van der Waals surface area contributed by atoms with Crippen molar-refractivity contribution in [1.82, 2.24) is 15.0 Å². The molecule has 0 unspecified atom stereocenters. The number of nitrogens with two attached hydrogens (primary N) is 1. The molecule has 2 aromatic carbocycles. The summed E-state index contributed by atoms with van der Waals surface area (Å²) in [6.07, 6.45) is 2.62. The van der Waals surface area contributed by atoms with Crippen molar-refractivity contribution in [2.75, 3.05) is 18.4 Å². The van der Waals surface area contributed by atoms with E-state index in [1.807, 2.05) is 35.2 Å². The predicted octanol–water partition coefficient (Wildman–Crippen LogP) is 3.24. The summed E-state index contributed by atoms with van der Waals surface area (Å²) in [5.41, 5.74) is 7.61. The second kappa shape index (κ2) is 9.70. The molecule has 1 aliphatic rings. The van der Waals surface area contributed by atoms with Gasteiger partial charge in [0.2, 0.25) is 11.7 Å². The Balaban J connectivity index is 1.31. The zero-order valence-corrected chi connectivity index (χ0v) is 17.2.